The maximum absolute atomic E-state index is 9.00. The summed E-state index contributed by atoms with van der Waals surface area (Å²) in [4.78, 5) is 1.31. The third kappa shape index (κ3) is 4.70. The molecule has 1 aliphatic rings. The fraction of sp³-hybridized carbons (Fsp3) is 0.571. The minimum absolute atomic E-state index is 0.274. The Bertz CT molecular complexity index is 352. The zero-order valence-corrected chi connectivity index (χ0v) is 11.2. The molecule has 0 amide bonds. The minimum atomic E-state index is 0.274. The summed E-state index contributed by atoms with van der Waals surface area (Å²) in [7, 11) is 0. The molecule has 3 heteroatoms. The predicted molar refractivity (Wildman–Crippen MR) is 73.3 cm³/mol. The first kappa shape index (κ1) is 12.9. The van der Waals surface area contributed by atoms with Gasteiger partial charge in [0.25, 0.3) is 0 Å². The molecule has 2 nitrogen and oxygen atoms in total. The van der Waals surface area contributed by atoms with Crippen LogP contribution in [-0.2, 0) is 6.54 Å². The van der Waals surface area contributed by atoms with Gasteiger partial charge in [-0.3, -0.25) is 0 Å². The molecule has 0 bridgehead atoms. The van der Waals surface area contributed by atoms with Crippen LogP contribution in [-0.4, -0.2) is 23.5 Å². The number of thioether (sulfide) groups is 1. The van der Waals surface area contributed by atoms with Gasteiger partial charge in [-0.1, -0.05) is 19.1 Å². The van der Waals surface area contributed by atoms with Crippen molar-refractivity contribution in [3.8, 4) is 0 Å². The molecule has 0 radical (unpaired) electrons. The third-order valence-electron chi connectivity index (χ3n) is 2.92. The lowest BCUT2D eigenvalue weighted by Gasteiger charge is -2.09. The highest BCUT2D eigenvalue weighted by Gasteiger charge is 2.19. The van der Waals surface area contributed by atoms with Crippen LogP contribution in [0.2, 0.25) is 0 Å². The third-order valence-corrected chi connectivity index (χ3v) is 4.24. The van der Waals surface area contributed by atoms with Crippen molar-refractivity contribution in [2.45, 2.75) is 37.2 Å². The second kappa shape index (κ2) is 6.43. The number of benzene rings is 1. The molecule has 0 saturated heterocycles. The van der Waals surface area contributed by atoms with Gasteiger partial charge in [0.15, 0.2) is 0 Å². The first-order chi connectivity index (χ1) is 8.28. The number of aliphatic hydroxyl groups is 1. The SMILES string of the molecule is CC(CO)CSc1cccc(CNC2CC2)c1. The molecule has 1 saturated carbocycles. The van der Waals surface area contributed by atoms with Gasteiger partial charge in [-0.05, 0) is 36.5 Å². The Morgan fingerprint density at radius 1 is 1.47 bits per heavy atom. The van der Waals surface area contributed by atoms with Crippen molar-refractivity contribution >= 4 is 11.8 Å². The molecule has 2 N–H and O–H groups in total. The molecule has 1 fully saturated rings. The molecule has 0 aromatic heterocycles. The van der Waals surface area contributed by atoms with E-state index >= 15 is 0 Å². The van der Waals surface area contributed by atoms with E-state index in [-0.39, 0.29) is 6.61 Å². The van der Waals surface area contributed by atoms with Crippen molar-refractivity contribution < 1.29 is 5.11 Å². The fourth-order valence-corrected chi connectivity index (χ4v) is 2.58. The molecule has 1 aromatic carbocycles. The lowest BCUT2D eigenvalue weighted by atomic mass is 10.2. The fourth-order valence-electron chi connectivity index (χ4n) is 1.59. The molecular weight excluding hydrogens is 230 g/mol. The second-order valence-corrected chi connectivity index (χ2v) is 5.99. The van der Waals surface area contributed by atoms with E-state index in [1.807, 2.05) is 11.8 Å². The van der Waals surface area contributed by atoms with Crippen LogP contribution in [0.5, 0.6) is 0 Å². The van der Waals surface area contributed by atoms with Crippen molar-refractivity contribution in [1.29, 1.82) is 0 Å². The normalized spacial score (nSPS) is 17.1. The van der Waals surface area contributed by atoms with Gasteiger partial charge in [-0.15, -0.1) is 11.8 Å². The van der Waals surface area contributed by atoms with Gasteiger partial charge >= 0.3 is 0 Å². The Kier molecular flexibility index (Phi) is 4.89. The smallest absolute Gasteiger partial charge is 0.0464 e. The standard InChI is InChI=1S/C14H21NOS/c1-11(9-16)10-17-14-4-2-3-12(7-14)8-15-13-5-6-13/h2-4,7,11,13,15-16H,5-6,8-10H2,1H3. The van der Waals surface area contributed by atoms with Gasteiger partial charge in [-0.25, -0.2) is 0 Å². The summed E-state index contributed by atoms with van der Waals surface area (Å²) in [6.45, 7) is 3.33. The van der Waals surface area contributed by atoms with Crippen LogP contribution in [0.15, 0.2) is 29.2 Å². The summed E-state index contributed by atoms with van der Waals surface area (Å²) in [5.74, 6) is 1.35. The zero-order valence-electron chi connectivity index (χ0n) is 10.4. The van der Waals surface area contributed by atoms with E-state index in [2.05, 4.69) is 36.5 Å². The van der Waals surface area contributed by atoms with Crippen LogP contribution in [0.25, 0.3) is 0 Å². The monoisotopic (exact) mass is 251 g/mol. The van der Waals surface area contributed by atoms with Gasteiger partial charge in [0.1, 0.15) is 0 Å². The van der Waals surface area contributed by atoms with Crippen LogP contribution in [0, 0.1) is 5.92 Å². The van der Waals surface area contributed by atoms with Crippen molar-refractivity contribution in [1.82, 2.24) is 5.32 Å². The van der Waals surface area contributed by atoms with Gasteiger partial charge in [-0.2, -0.15) is 0 Å². The topological polar surface area (TPSA) is 32.3 Å². The van der Waals surface area contributed by atoms with E-state index in [0.717, 1.165) is 18.3 Å². The highest BCUT2D eigenvalue weighted by atomic mass is 32.2. The molecule has 17 heavy (non-hydrogen) atoms. The Hall–Kier alpha value is -0.510. The maximum atomic E-state index is 9.00. The summed E-state index contributed by atoms with van der Waals surface area (Å²) in [6, 6.07) is 9.46. The average molecular weight is 251 g/mol. The Morgan fingerprint density at radius 2 is 2.29 bits per heavy atom. The second-order valence-electron chi connectivity index (χ2n) is 4.90. The lowest BCUT2D eigenvalue weighted by Crippen LogP contribution is -2.15. The summed E-state index contributed by atoms with van der Waals surface area (Å²) in [6.07, 6.45) is 2.67. The van der Waals surface area contributed by atoms with Crippen molar-refractivity contribution in [2.24, 2.45) is 5.92 Å². The molecule has 0 aliphatic heterocycles. The Labute approximate surface area is 108 Å². The van der Waals surface area contributed by atoms with Crippen molar-refractivity contribution in [2.75, 3.05) is 12.4 Å². The lowest BCUT2D eigenvalue weighted by molar-refractivity contribution is 0.250. The van der Waals surface area contributed by atoms with Crippen LogP contribution in [0.3, 0.4) is 0 Å². The average Bonchev–Trinajstić information content (AvgIpc) is 3.18. The summed E-state index contributed by atoms with van der Waals surface area (Å²) < 4.78 is 0. The summed E-state index contributed by atoms with van der Waals surface area (Å²) >= 11 is 1.83. The molecular formula is C14H21NOS. The summed E-state index contributed by atoms with van der Waals surface area (Å²) in [5, 5.41) is 12.5. The van der Waals surface area contributed by atoms with Gasteiger partial charge < -0.3 is 10.4 Å². The van der Waals surface area contributed by atoms with E-state index < -0.39 is 0 Å². The van der Waals surface area contributed by atoms with E-state index in [1.54, 1.807) is 0 Å². The van der Waals surface area contributed by atoms with Gasteiger partial charge in [0, 0.05) is 29.8 Å². The number of rotatable bonds is 7. The highest BCUT2D eigenvalue weighted by molar-refractivity contribution is 7.99. The molecule has 2 rings (SSSR count). The highest BCUT2D eigenvalue weighted by Crippen LogP contribution is 2.23. The predicted octanol–water partition coefficient (Wildman–Crippen LogP) is 2.66. The van der Waals surface area contributed by atoms with Crippen LogP contribution < -0.4 is 5.32 Å². The molecule has 0 spiro atoms. The molecule has 1 aromatic rings. The first-order valence-corrected chi connectivity index (χ1v) is 7.32. The van der Waals surface area contributed by atoms with Crippen LogP contribution in [0.1, 0.15) is 25.3 Å². The van der Waals surface area contributed by atoms with Crippen LogP contribution >= 0.6 is 11.8 Å². The van der Waals surface area contributed by atoms with Crippen molar-refractivity contribution in [3.63, 3.8) is 0 Å². The number of aliphatic hydroxyl groups excluding tert-OH is 1. The molecule has 0 heterocycles. The van der Waals surface area contributed by atoms with Crippen molar-refractivity contribution in [3.05, 3.63) is 29.8 Å². The minimum Gasteiger partial charge on any atom is -0.396 e. The molecule has 1 unspecified atom stereocenters. The van der Waals surface area contributed by atoms with E-state index in [9.17, 15) is 0 Å². The summed E-state index contributed by atoms with van der Waals surface area (Å²) in [5.41, 5.74) is 1.36. The molecule has 94 valence electrons. The number of hydrogen-bond donors (Lipinski definition) is 2. The number of hydrogen-bond acceptors (Lipinski definition) is 3. The Balaban J connectivity index is 1.82. The van der Waals surface area contributed by atoms with E-state index in [0.29, 0.717) is 5.92 Å². The van der Waals surface area contributed by atoms with Gasteiger partial charge in [0.2, 0.25) is 0 Å². The Morgan fingerprint density at radius 3 is 3.00 bits per heavy atom. The maximum Gasteiger partial charge on any atom is 0.0464 e. The molecule has 1 aliphatic carbocycles. The van der Waals surface area contributed by atoms with E-state index in [4.69, 9.17) is 5.11 Å². The van der Waals surface area contributed by atoms with E-state index in [1.165, 1.54) is 23.3 Å². The van der Waals surface area contributed by atoms with Gasteiger partial charge in [0.05, 0.1) is 0 Å². The van der Waals surface area contributed by atoms with Crippen LogP contribution in [0.4, 0.5) is 0 Å². The largest absolute Gasteiger partial charge is 0.396 e. The quantitative estimate of drug-likeness (QED) is 0.731. The zero-order chi connectivity index (χ0) is 12.1. The number of nitrogens with one attached hydrogen (secondary N) is 1. The molecule has 1 atom stereocenters. The first-order valence-electron chi connectivity index (χ1n) is 6.34.